The van der Waals surface area contributed by atoms with Gasteiger partial charge in [0.25, 0.3) is 5.91 Å². The molecule has 0 spiro atoms. The summed E-state index contributed by atoms with van der Waals surface area (Å²) >= 11 is 0. The first-order valence-corrected chi connectivity index (χ1v) is 6.72. The largest absolute Gasteiger partial charge is 0.384 e. The van der Waals surface area contributed by atoms with Crippen molar-refractivity contribution in [2.45, 2.75) is 26.8 Å². The summed E-state index contributed by atoms with van der Waals surface area (Å²) in [5.41, 5.74) is 3.34. The van der Waals surface area contributed by atoms with Gasteiger partial charge in [-0.3, -0.25) is 4.79 Å². The maximum absolute atomic E-state index is 12.2. The van der Waals surface area contributed by atoms with E-state index in [1.807, 2.05) is 25.1 Å². The Morgan fingerprint density at radius 1 is 1.35 bits per heavy atom. The van der Waals surface area contributed by atoms with Crippen LogP contribution in [0.2, 0.25) is 0 Å². The molecule has 2 rings (SSSR count). The Kier molecular flexibility index (Phi) is 4.76. The summed E-state index contributed by atoms with van der Waals surface area (Å²) in [6.45, 7) is 5.30. The summed E-state index contributed by atoms with van der Waals surface area (Å²) in [5.74, 6) is -0.119. The molecule has 0 unspecified atom stereocenters. The summed E-state index contributed by atoms with van der Waals surface area (Å²) in [6, 6.07) is 7.49. The number of rotatable bonds is 6. The first-order chi connectivity index (χ1) is 9.70. The quantitative estimate of drug-likeness (QED) is 0.849. The lowest BCUT2D eigenvalue weighted by Gasteiger charge is -2.12. The lowest BCUT2D eigenvalue weighted by atomic mass is 10.1. The number of carbonyl (C=O) groups is 1. The molecule has 0 saturated heterocycles. The van der Waals surface area contributed by atoms with Gasteiger partial charge in [-0.15, -0.1) is 0 Å². The first-order valence-electron chi connectivity index (χ1n) is 6.72. The van der Waals surface area contributed by atoms with Crippen LogP contribution in [0, 0.1) is 6.92 Å². The minimum atomic E-state index is -0.119. The van der Waals surface area contributed by atoms with Crippen LogP contribution in [0.1, 0.15) is 35.0 Å². The third kappa shape index (κ3) is 3.60. The molecule has 0 atom stereocenters. The van der Waals surface area contributed by atoms with Crippen molar-refractivity contribution in [3.8, 4) is 0 Å². The molecule has 2 N–H and O–H groups in total. The number of carbonyl (C=O) groups excluding carboxylic acids is 1. The average Bonchev–Trinajstić information content (AvgIpc) is 2.96. The number of aryl methyl sites for hydroxylation is 1. The van der Waals surface area contributed by atoms with Crippen LogP contribution < -0.4 is 10.6 Å². The van der Waals surface area contributed by atoms with Gasteiger partial charge in [0.05, 0.1) is 12.1 Å². The van der Waals surface area contributed by atoms with Crippen LogP contribution in [-0.4, -0.2) is 17.6 Å². The zero-order valence-electron chi connectivity index (χ0n) is 11.8. The van der Waals surface area contributed by atoms with E-state index in [1.165, 1.54) is 6.26 Å². The number of hydrogen-bond acceptors (Lipinski definition) is 4. The van der Waals surface area contributed by atoms with E-state index >= 15 is 0 Å². The Hall–Kier alpha value is -2.30. The predicted molar refractivity (Wildman–Crippen MR) is 77.6 cm³/mol. The van der Waals surface area contributed by atoms with Gasteiger partial charge in [-0.25, -0.2) is 0 Å². The molecular weight excluding hydrogens is 254 g/mol. The standard InChI is InChI=1S/C15H19N3O2/c1-3-7-16-14-9-11(2)4-5-13(14)15(19)17-10-12-6-8-20-18-12/h4-6,8-9,16H,3,7,10H2,1-2H3,(H,17,19). The molecule has 5 nitrogen and oxygen atoms in total. The van der Waals surface area contributed by atoms with E-state index in [4.69, 9.17) is 4.52 Å². The molecule has 0 radical (unpaired) electrons. The van der Waals surface area contributed by atoms with Crippen molar-refractivity contribution in [2.24, 2.45) is 0 Å². The number of nitrogens with one attached hydrogen (secondary N) is 2. The van der Waals surface area contributed by atoms with Crippen molar-refractivity contribution in [2.75, 3.05) is 11.9 Å². The Balaban J connectivity index is 2.07. The maximum atomic E-state index is 12.2. The second kappa shape index (κ2) is 6.75. The molecular formula is C15H19N3O2. The van der Waals surface area contributed by atoms with Crippen molar-refractivity contribution in [1.29, 1.82) is 0 Å². The molecule has 0 saturated carbocycles. The van der Waals surface area contributed by atoms with Gasteiger partial charge in [-0.05, 0) is 31.0 Å². The highest BCUT2D eigenvalue weighted by atomic mass is 16.5. The molecule has 1 amide bonds. The van der Waals surface area contributed by atoms with E-state index in [9.17, 15) is 4.79 Å². The summed E-state index contributed by atoms with van der Waals surface area (Å²) in [6.07, 6.45) is 2.50. The fraction of sp³-hybridized carbons (Fsp3) is 0.333. The van der Waals surface area contributed by atoms with Crippen LogP contribution in [-0.2, 0) is 6.54 Å². The Morgan fingerprint density at radius 3 is 2.90 bits per heavy atom. The van der Waals surface area contributed by atoms with E-state index in [0.717, 1.165) is 24.2 Å². The SMILES string of the molecule is CCCNc1cc(C)ccc1C(=O)NCc1ccon1. The number of anilines is 1. The number of amides is 1. The van der Waals surface area contributed by atoms with Crippen LogP contribution in [0.15, 0.2) is 35.1 Å². The second-order valence-corrected chi connectivity index (χ2v) is 4.65. The Morgan fingerprint density at radius 2 is 2.20 bits per heavy atom. The molecule has 1 heterocycles. The van der Waals surface area contributed by atoms with Crippen molar-refractivity contribution in [3.05, 3.63) is 47.3 Å². The predicted octanol–water partition coefficient (Wildman–Crippen LogP) is 2.73. The molecule has 2 aromatic rings. The van der Waals surface area contributed by atoms with Crippen molar-refractivity contribution in [1.82, 2.24) is 10.5 Å². The van der Waals surface area contributed by atoms with Crippen molar-refractivity contribution >= 4 is 11.6 Å². The zero-order chi connectivity index (χ0) is 14.4. The highest BCUT2D eigenvalue weighted by Crippen LogP contribution is 2.17. The molecule has 0 bridgehead atoms. The lowest BCUT2D eigenvalue weighted by molar-refractivity contribution is 0.0951. The third-order valence-electron chi connectivity index (χ3n) is 2.91. The lowest BCUT2D eigenvalue weighted by Crippen LogP contribution is -2.24. The fourth-order valence-electron chi connectivity index (χ4n) is 1.86. The van der Waals surface area contributed by atoms with E-state index in [0.29, 0.717) is 17.8 Å². The van der Waals surface area contributed by atoms with Crippen LogP contribution in [0.3, 0.4) is 0 Å². The molecule has 0 aliphatic rings. The number of hydrogen-bond donors (Lipinski definition) is 2. The smallest absolute Gasteiger partial charge is 0.253 e. The molecule has 5 heteroatoms. The van der Waals surface area contributed by atoms with Crippen LogP contribution in [0.4, 0.5) is 5.69 Å². The van der Waals surface area contributed by atoms with Gasteiger partial charge in [0, 0.05) is 18.3 Å². The van der Waals surface area contributed by atoms with Crippen LogP contribution in [0.25, 0.3) is 0 Å². The van der Waals surface area contributed by atoms with E-state index in [-0.39, 0.29) is 5.91 Å². The van der Waals surface area contributed by atoms with Gasteiger partial charge < -0.3 is 15.2 Å². The fourth-order valence-corrected chi connectivity index (χ4v) is 1.86. The van der Waals surface area contributed by atoms with Gasteiger partial charge in [0.2, 0.25) is 0 Å². The second-order valence-electron chi connectivity index (χ2n) is 4.65. The van der Waals surface area contributed by atoms with Crippen LogP contribution >= 0.6 is 0 Å². The molecule has 0 aliphatic carbocycles. The number of nitrogens with zero attached hydrogens (tertiary/aromatic N) is 1. The summed E-state index contributed by atoms with van der Waals surface area (Å²) < 4.78 is 4.73. The maximum Gasteiger partial charge on any atom is 0.253 e. The number of benzene rings is 1. The van der Waals surface area contributed by atoms with Crippen LogP contribution in [0.5, 0.6) is 0 Å². The molecule has 0 fully saturated rings. The molecule has 1 aromatic carbocycles. The van der Waals surface area contributed by atoms with E-state index in [1.54, 1.807) is 6.07 Å². The first kappa shape index (κ1) is 14.1. The average molecular weight is 273 g/mol. The highest BCUT2D eigenvalue weighted by molar-refractivity contribution is 5.99. The van der Waals surface area contributed by atoms with Crippen molar-refractivity contribution < 1.29 is 9.32 Å². The summed E-state index contributed by atoms with van der Waals surface area (Å²) in [5, 5.41) is 9.88. The Labute approximate surface area is 118 Å². The molecule has 106 valence electrons. The summed E-state index contributed by atoms with van der Waals surface area (Å²) in [4.78, 5) is 12.2. The normalized spacial score (nSPS) is 10.3. The molecule has 0 aliphatic heterocycles. The van der Waals surface area contributed by atoms with Gasteiger partial charge >= 0.3 is 0 Å². The monoisotopic (exact) mass is 273 g/mol. The Bertz CT molecular complexity index is 565. The summed E-state index contributed by atoms with van der Waals surface area (Å²) in [7, 11) is 0. The van der Waals surface area contributed by atoms with Gasteiger partial charge in [0.1, 0.15) is 12.0 Å². The van der Waals surface area contributed by atoms with E-state index < -0.39 is 0 Å². The topological polar surface area (TPSA) is 67.2 Å². The van der Waals surface area contributed by atoms with Gasteiger partial charge in [-0.2, -0.15) is 0 Å². The van der Waals surface area contributed by atoms with Gasteiger partial charge in [-0.1, -0.05) is 18.1 Å². The molecule has 20 heavy (non-hydrogen) atoms. The third-order valence-corrected chi connectivity index (χ3v) is 2.91. The van der Waals surface area contributed by atoms with Gasteiger partial charge in [0.15, 0.2) is 0 Å². The number of aromatic nitrogens is 1. The van der Waals surface area contributed by atoms with E-state index in [2.05, 4.69) is 22.7 Å². The molecule has 1 aromatic heterocycles. The van der Waals surface area contributed by atoms with Crippen molar-refractivity contribution in [3.63, 3.8) is 0 Å². The zero-order valence-corrected chi connectivity index (χ0v) is 11.8. The highest BCUT2D eigenvalue weighted by Gasteiger charge is 2.11. The minimum Gasteiger partial charge on any atom is -0.384 e. The minimum absolute atomic E-state index is 0.119.